The molecule has 19 heavy (non-hydrogen) atoms. The molecule has 0 saturated carbocycles. The molecule has 0 unspecified atom stereocenters. The monoisotopic (exact) mass is 328 g/mol. The van der Waals surface area contributed by atoms with Gasteiger partial charge in [0.15, 0.2) is 0 Å². The number of hydrogen-bond acceptors (Lipinski definition) is 3. The summed E-state index contributed by atoms with van der Waals surface area (Å²) in [6.45, 7) is 0.434. The zero-order valence-corrected chi connectivity index (χ0v) is 12.6. The van der Waals surface area contributed by atoms with E-state index in [4.69, 9.17) is 5.11 Å². The third-order valence-electron chi connectivity index (χ3n) is 2.60. The normalized spacial score (nSPS) is 10.5. The van der Waals surface area contributed by atoms with Gasteiger partial charge in [0.25, 0.3) is 0 Å². The van der Waals surface area contributed by atoms with Gasteiger partial charge in [-0.05, 0) is 18.7 Å². The van der Waals surface area contributed by atoms with Crippen LogP contribution in [0.15, 0.2) is 28.7 Å². The first-order chi connectivity index (χ1) is 8.90. The maximum absolute atomic E-state index is 11.9. The van der Waals surface area contributed by atoms with Crippen LogP contribution in [0.4, 0.5) is 0 Å². The van der Waals surface area contributed by atoms with Crippen LogP contribution in [-0.2, 0) is 16.1 Å². The van der Waals surface area contributed by atoms with Crippen molar-refractivity contribution >= 4 is 27.8 Å². The van der Waals surface area contributed by atoms with E-state index < -0.39 is 5.97 Å². The van der Waals surface area contributed by atoms with Crippen molar-refractivity contribution in [3.8, 4) is 0 Å². The van der Waals surface area contributed by atoms with E-state index in [0.29, 0.717) is 6.54 Å². The zero-order chi connectivity index (χ0) is 14.4. The number of carbonyl (C=O) groups excluding carboxylic acids is 1. The number of benzene rings is 1. The van der Waals surface area contributed by atoms with Gasteiger partial charge in [0.05, 0.1) is 13.1 Å². The SMILES string of the molecule is CN(CC(=O)O)CC(=O)N(C)Cc1ccccc1Br. The molecule has 1 aromatic carbocycles. The Labute approximate surface area is 120 Å². The van der Waals surface area contributed by atoms with Crippen LogP contribution in [0.5, 0.6) is 0 Å². The molecule has 0 spiro atoms. The average Bonchev–Trinajstić information content (AvgIpc) is 2.30. The molecule has 0 aromatic heterocycles. The molecule has 0 aliphatic rings. The fourth-order valence-corrected chi connectivity index (χ4v) is 2.02. The van der Waals surface area contributed by atoms with Crippen molar-refractivity contribution in [3.05, 3.63) is 34.3 Å². The number of hydrogen-bond donors (Lipinski definition) is 1. The fraction of sp³-hybridized carbons (Fsp3) is 0.385. The Balaban J connectivity index is 2.54. The van der Waals surface area contributed by atoms with Crippen LogP contribution >= 0.6 is 15.9 Å². The first-order valence-electron chi connectivity index (χ1n) is 5.78. The molecule has 1 amide bonds. The van der Waals surface area contributed by atoms with Gasteiger partial charge in [-0.3, -0.25) is 14.5 Å². The lowest BCUT2D eigenvalue weighted by Gasteiger charge is -2.21. The summed E-state index contributed by atoms with van der Waals surface area (Å²) in [5.74, 6) is -1.05. The van der Waals surface area contributed by atoms with Crippen molar-refractivity contribution in [2.45, 2.75) is 6.54 Å². The highest BCUT2D eigenvalue weighted by atomic mass is 79.9. The Kier molecular flexibility index (Phi) is 5.98. The van der Waals surface area contributed by atoms with Gasteiger partial charge in [-0.25, -0.2) is 0 Å². The molecule has 1 N–H and O–H groups in total. The van der Waals surface area contributed by atoms with Crippen LogP contribution in [0.1, 0.15) is 5.56 Å². The Morgan fingerprint density at radius 2 is 1.84 bits per heavy atom. The van der Waals surface area contributed by atoms with Crippen molar-refractivity contribution in [2.24, 2.45) is 0 Å². The van der Waals surface area contributed by atoms with Gasteiger partial charge in [-0.1, -0.05) is 34.1 Å². The number of nitrogens with zero attached hydrogens (tertiary/aromatic N) is 2. The Bertz CT molecular complexity index is 465. The van der Waals surface area contributed by atoms with E-state index in [1.807, 2.05) is 24.3 Å². The summed E-state index contributed by atoms with van der Waals surface area (Å²) in [6.07, 6.45) is 0. The zero-order valence-electron chi connectivity index (χ0n) is 11.0. The molecular formula is C13H17BrN2O3. The second kappa shape index (κ2) is 7.25. The third kappa shape index (κ3) is 5.40. The molecule has 104 valence electrons. The summed E-state index contributed by atoms with van der Waals surface area (Å²) < 4.78 is 0.952. The van der Waals surface area contributed by atoms with E-state index in [-0.39, 0.29) is 19.0 Å². The lowest BCUT2D eigenvalue weighted by Crippen LogP contribution is -2.38. The van der Waals surface area contributed by atoms with Crippen LogP contribution in [0.3, 0.4) is 0 Å². The number of likely N-dealkylation sites (N-methyl/N-ethyl adjacent to an activating group) is 2. The molecule has 0 saturated heterocycles. The van der Waals surface area contributed by atoms with Crippen molar-refractivity contribution in [3.63, 3.8) is 0 Å². The number of halogens is 1. The van der Waals surface area contributed by atoms with E-state index >= 15 is 0 Å². The molecule has 1 rings (SSSR count). The molecule has 5 nitrogen and oxygen atoms in total. The summed E-state index contributed by atoms with van der Waals surface area (Å²) in [6, 6.07) is 7.68. The van der Waals surface area contributed by atoms with Gasteiger partial charge >= 0.3 is 5.97 Å². The molecule has 0 aliphatic heterocycles. The van der Waals surface area contributed by atoms with Crippen LogP contribution in [0.25, 0.3) is 0 Å². The Morgan fingerprint density at radius 3 is 2.42 bits per heavy atom. The number of amides is 1. The van der Waals surface area contributed by atoms with E-state index in [1.54, 1.807) is 19.0 Å². The number of carbonyl (C=O) groups is 2. The fourth-order valence-electron chi connectivity index (χ4n) is 1.61. The topological polar surface area (TPSA) is 60.9 Å². The van der Waals surface area contributed by atoms with Crippen molar-refractivity contribution in [1.82, 2.24) is 9.80 Å². The van der Waals surface area contributed by atoms with Crippen LogP contribution in [0.2, 0.25) is 0 Å². The molecule has 1 aromatic rings. The van der Waals surface area contributed by atoms with Crippen molar-refractivity contribution in [2.75, 3.05) is 27.2 Å². The van der Waals surface area contributed by atoms with Crippen molar-refractivity contribution in [1.29, 1.82) is 0 Å². The first-order valence-corrected chi connectivity index (χ1v) is 6.57. The summed E-state index contributed by atoms with van der Waals surface area (Å²) in [7, 11) is 3.31. The second-order valence-electron chi connectivity index (χ2n) is 4.41. The minimum Gasteiger partial charge on any atom is -0.480 e. The van der Waals surface area contributed by atoms with Crippen molar-refractivity contribution < 1.29 is 14.7 Å². The van der Waals surface area contributed by atoms with Gasteiger partial charge in [-0.2, -0.15) is 0 Å². The summed E-state index contributed by atoms with van der Waals surface area (Å²) >= 11 is 3.43. The standard InChI is InChI=1S/C13H17BrN2O3/c1-15(9-13(18)19)8-12(17)16(2)7-10-5-3-4-6-11(10)14/h3-6H,7-9H2,1-2H3,(H,18,19). The average molecular weight is 329 g/mol. The molecule has 0 bridgehead atoms. The lowest BCUT2D eigenvalue weighted by atomic mass is 10.2. The molecule has 6 heteroatoms. The minimum absolute atomic E-state index is 0.0905. The van der Waals surface area contributed by atoms with Gasteiger partial charge < -0.3 is 10.0 Å². The van der Waals surface area contributed by atoms with Gasteiger partial charge in [-0.15, -0.1) is 0 Å². The van der Waals surface area contributed by atoms with E-state index in [0.717, 1.165) is 10.0 Å². The Hall–Kier alpha value is -1.40. The van der Waals surface area contributed by atoms with Gasteiger partial charge in [0.1, 0.15) is 0 Å². The third-order valence-corrected chi connectivity index (χ3v) is 3.38. The predicted octanol–water partition coefficient (Wildman–Crippen LogP) is 1.42. The predicted molar refractivity (Wildman–Crippen MR) is 75.7 cm³/mol. The van der Waals surface area contributed by atoms with Crippen LogP contribution < -0.4 is 0 Å². The summed E-state index contributed by atoms with van der Waals surface area (Å²) in [4.78, 5) is 25.5. The number of carboxylic acid groups (broad SMARTS) is 1. The number of rotatable bonds is 6. The molecular weight excluding hydrogens is 312 g/mol. The quantitative estimate of drug-likeness (QED) is 0.858. The van der Waals surface area contributed by atoms with E-state index in [9.17, 15) is 9.59 Å². The van der Waals surface area contributed by atoms with Gasteiger partial charge in [0, 0.05) is 18.1 Å². The largest absolute Gasteiger partial charge is 0.480 e. The molecule has 0 fully saturated rings. The second-order valence-corrected chi connectivity index (χ2v) is 5.26. The highest BCUT2D eigenvalue weighted by Crippen LogP contribution is 2.17. The van der Waals surface area contributed by atoms with Crippen LogP contribution in [-0.4, -0.2) is 54.0 Å². The van der Waals surface area contributed by atoms with E-state index in [1.165, 1.54) is 4.90 Å². The molecule has 0 atom stereocenters. The minimum atomic E-state index is -0.941. The lowest BCUT2D eigenvalue weighted by molar-refractivity contribution is -0.139. The molecule has 0 heterocycles. The number of aliphatic carboxylic acids is 1. The maximum atomic E-state index is 11.9. The number of carboxylic acids is 1. The summed E-state index contributed by atoms with van der Waals surface area (Å²) in [5.41, 5.74) is 1.01. The maximum Gasteiger partial charge on any atom is 0.317 e. The molecule has 0 radical (unpaired) electrons. The molecule has 0 aliphatic carbocycles. The van der Waals surface area contributed by atoms with E-state index in [2.05, 4.69) is 15.9 Å². The summed E-state index contributed by atoms with van der Waals surface area (Å²) in [5, 5.41) is 8.63. The highest BCUT2D eigenvalue weighted by molar-refractivity contribution is 9.10. The Morgan fingerprint density at radius 1 is 1.21 bits per heavy atom. The smallest absolute Gasteiger partial charge is 0.317 e. The first kappa shape index (κ1) is 15.7. The van der Waals surface area contributed by atoms with Gasteiger partial charge in [0.2, 0.25) is 5.91 Å². The van der Waals surface area contributed by atoms with Crippen LogP contribution in [0, 0.1) is 0 Å². The highest BCUT2D eigenvalue weighted by Gasteiger charge is 2.14.